The van der Waals surface area contributed by atoms with Crippen LogP contribution in [0.3, 0.4) is 0 Å². The molecule has 0 unspecified atom stereocenters. The van der Waals surface area contributed by atoms with E-state index in [4.69, 9.17) is 10.2 Å². The fraction of sp³-hybridized carbons (Fsp3) is 0.875. The van der Waals surface area contributed by atoms with Crippen LogP contribution >= 0.6 is 0 Å². The zero-order valence-corrected chi connectivity index (χ0v) is 8.26. The minimum absolute atomic E-state index is 0.142. The third-order valence-electron chi connectivity index (χ3n) is 2.05. The van der Waals surface area contributed by atoms with Crippen molar-refractivity contribution >= 4 is 5.91 Å². The van der Waals surface area contributed by atoms with Gasteiger partial charge in [-0.15, -0.1) is 0 Å². The summed E-state index contributed by atoms with van der Waals surface area (Å²) in [5, 5.41) is 19.7. The van der Waals surface area contributed by atoms with E-state index in [-0.39, 0.29) is 6.42 Å². The highest BCUT2D eigenvalue weighted by Crippen LogP contribution is 2.20. The van der Waals surface area contributed by atoms with Gasteiger partial charge in [-0.3, -0.25) is 4.79 Å². The van der Waals surface area contributed by atoms with Crippen molar-refractivity contribution in [3.63, 3.8) is 0 Å². The quantitative estimate of drug-likeness (QED) is 0.630. The number of aliphatic hydroxyl groups is 2. The summed E-state index contributed by atoms with van der Waals surface area (Å²) in [4.78, 5) is 10.9. The monoisotopic (exact) mass is 229 g/mol. The maximum absolute atomic E-state index is 11.8. The Morgan fingerprint density at radius 3 is 2.00 bits per heavy atom. The first-order valence-electron chi connectivity index (χ1n) is 4.38. The van der Waals surface area contributed by atoms with Crippen molar-refractivity contribution in [1.82, 2.24) is 5.32 Å². The van der Waals surface area contributed by atoms with Crippen LogP contribution in [-0.4, -0.2) is 41.0 Å². The third-order valence-corrected chi connectivity index (χ3v) is 2.05. The standard InChI is InChI=1S/C8H14F3NO3/c1-2-7(4-13,5-14)12-6(15)3-8(9,10)11/h13-14H,2-5H2,1H3,(H,12,15). The van der Waals surface area contributed by atoms with Crippen LogP contribution in [0, 0.1) is 0 Å². The smallest absolute Gasteiger partial charge is 0.394 e. The van der Waals surface area contributed by atoms with Crippen LogP contribution in [0.15, 0.2) is 0 Å². The molecular formula is C8H14F3NO3. The van der Waals surface area contributed by atoms with Crippen LogP contribution in [0.4, 0.5) is 13.2 Å². The average Bonchev–Trinajstić information content (AvgIpc) is 2.11. The van der Waals surface area contributed by atoms with Gasteiger partial charge in [0.1, 0.15) is 6.42 Å². The van der Waals surface area contributed by atoms with Crippen LogP contribution in [0.25, 0.3) is 0 Å². The molecule has 0 radical (unpaired) electrons. The SMILES string of the molecule is CCC(CO)(CO)NC(=O)CC(F)(F)F. The van der Waals surface area contributed by atoms with Gasteiger partial charge in [-0.25, -0.2) is 0 Å². The molecule has 0 aromatic heterocycles. The van der Waals surface area contributed by atoms with Gasteiger partial charge in [-0.2, -0.15) is 13.2 Å². The summed E-state index contributed by atoms with van der Waals surface area (Å²) in [5.41, 5.74) is -1.37. The lowest BCUT2D eigenvalue weighted by Crippen LogP contribution is -2.54. The van der Waals surface area contributed by atoms with Gasteiger partial charge in [-0.1, -0.05) is 6.92 Å². The zero-order chi connectivity index (χ0) is 12.1. The number of aliphatic hydroxyl groups excluding tert-OH is 2. The molecule has 0 fully saturated rings. The number of hydrogen-bond donors (Lipinski definition) is 3. The van der Waals surface area contributed by atoms with E-state index in [2.05, 4.69) is 0 Å². The Hall–Kier alpha value is -0.820. The lowest BCUT2D eigenvalue weighted by molar-refractivity contribution is -0.156. The van der Waals surface area contributed by atoms with Crippen LogP contribution in [0.1, 0.15) is 19.8 Å². The average molecular weight is 229 g/mol. The minimum Gasteiger partial charge on any atom is -0.394 e. The van der Waals surface area contributed by atoms with Crippen molar-refractivity contribution in [2.24, 2.45) is 0 Å². The molecule has 0 aromatic carbocycles. The molecule has 15 heavy (non-hydrogen) atoms. The molecule has 3 N–H and O–H groups in total. The number of rotatable bonds is 5. The number of amides is 1. The van der Waals surface area contributed by atoms with Gasteiger partial charge in [0.05, 0.1) is 18.8 Å². The maximum atomic E-state index is 11.8. The van der Waals surface area contributed by atoms with Gasteiger partial charge in [0, 0.05) is 0 Å². The van der Waals surface area contributed by atoms with Gasteiger partial charge in [0.15, 0.2) is 0 Å². The fourth-order valence-electron chi connectivity index (χ4n) is 0.963. The first kappa shape index (κ1) is 14.2. The highest BCUT2D eigenvalue weighted by molar-refractivity contribution is 5.77. The Morgan fingerprint density at radius 1 is 1.27 bits per heavy atom. The summed E-state index contributed by atoms with van der Waals surface area (Å²) < 4.78 is 35.4. The summed E-state index contributed by atoms with van der Waals surface area (Å²) in [6, 6.07) is 0. The number of nitrogens with one attached hydrogen (secondary N) is 1. The minimum atomic E-state index is -4.59. The van der Waals surface area contributed by atoms with Crippen molar-refractivity contribution < 1.29 is 28.2 Å². The van der Waals surface area contributed by atoms with Gasteiger partial charge in [-0.05, 0) is 6.42 Å². The molecule has 0 saturated heterocycles. The van der Waals surface area contributed by atoms with E-state index in [9.17, 15) is 18.0 Å². The molecule has 0 aliphatic heterocycles. The van der Waals surface area contributed by atoms with Crippen LogP contribution in [-0.2, 0) is 4.79 Å². The topological polar surface area (TPSA) is 69.6 Å². The van der Waals surface area contributed by atoms with Gasteiger partial charge in [0.25, 0.3) is 0 Å². The Bertz CT molecular complexity index is 205. The first-order chi connectivity index (χ1) is 6.78. The van der Waals surface area contributed by atoms with Gasteiger partial charge >= 0.3 is 6.18 Å². The van der Waals surface area contributed by atoms with E-state index in [0.29, 0.717) is 0 Å². The lowest BCUT2D eigenvalue weighted by Gasteiger charge is -2.29. The normalized spacial score (nSPS) is 12.7. The molecule has 7 heteroatoms. The van der Waals surface area contributed by atoms with Crippen LogP contribution < -0.4 is 5.32 Å². The van der Waals surface area contributed by atoms with E-state index in [1.54, 1.807) is 6.92 Å². The van der Waals surface area contributed by atoms with Crippen molar-refractivity contribution in [3.8, 4) is 0 Å². The number of halogens is 3. The molecule has 90 valence electrons. The van der Waals surface area contributed by atoms with E-state index < -0.39 is 37.3 Å². The van der Waals surface area contributed by atoms with Crippen LogP contribution in [0.5, 0.6) is 0 Å². The number of carbonyl (C=O) groups excluding carboxylic acids is 1. The predicted molar refractivity (Wildman–Crippen MR) is 46.0 cm³/mol. The summed E-state index contributed by atoms with van der Waals surface area (Å²) in [7, 11) is 0. The van der Waals surface area contributed by atoms with E-state index >= 15 is 0 Å². The van der Waals surface area contributed by atoms with Crippen molar-refractivity contribution in [1.29, 1.82) is 0 Å². The first-order valence-corrected chi connectivity index (χ1v) is 4.38. The fourth-order valence-corrected chi connectivity index (χ4v) is 0.963. The Labute approximate surface area is 85.1 Å². The van der Waals surface area contributed by atoms with Crippen molar-refractivity contribution in [3.05, 3.63) is 0 Å². The largest absolute Gasteiger partial charge is 0.397 e. The summed E-state index contributed by atoms with van der Waals surface area (Å²) in [5.74, 6) is -1.26. The molecule has 0 bridgehead atoms. The van der Waals surface area contributed by atoms with Crippen LogP contribution in [0.2, 0.25) is 0 Å². The summed E-state index contributed by atoms with van der Waals surface area (Å²) >= 11 is 0. The molecule has 0 heterocycles. The molecular weight excluding hydrogens is 215 g/mol. The number of hydrogen-bond acceptors (Lipinski definition) is 3. The van der Waals surface area contributed by atoms with E-state index in [1.807, 2.05) is 5.32 Å². The molecule has 0 spiro atoms. The molecule has 4 nitrogen and oxygen atoms in total. The second-order valence-corrected chi connectivity index (χ2v) is 3.29. The van der Waals surface area contributed by atoms with E-state index in [1.165, 1.54) is 0 Å². The summed E-state index contributed by atoms with van der Waals surface area (Å²) in [6.45, 7) is 0.327. The Kier molecular flexibility index (Phi) is 5.02. The zero-order valence-electron chi connectivity index (χ0n) is 8.26. The lowest BCUT2D eigenvalue weighted by atomic mass is 9.98. The number of alkyl halides is 3. The molecule has 0 saturated carbocycles. The predicted octanol–water partition coefficient (Wildman–Crippen LogP) is 0.188. The van der Waals surface area contributed by atoms with Crippen molar-refractivity contribution in [2.45, 2.75) is 31.5 Å². The van der Waals surface area contributed by atoms with Crippen molar-refractivity contribution in [2.75, 3.05) is 13.2 Å². The summed E-state index contributed by atoms with van der Waals surface area (Å²) in [6.07, 6.45) is -6.06. The Morgan fingerprint density at radius 2 is 1.73 bits per heavy atom. The highest BCUT2D eigenvalue weighted by atomic mass is 19.4. The molecule has 0 atom stereocenters. The maximum Gasteiger partial charge on any atom is 0.397 e. The Balaban J connectivity index is 4.36. The highest BCUT2D eigenvalue weighted by Gasteiger charge is 2.35. The van der Waals surface area contributed by atoms with E-state index in [0.717, 1.165) is 0 Å². The van der Waals surface area contributed by atoms with Gasteiger partial charge < -0.3 is 15.5 Å². The second kappa shape index (κ2) is 5.32. The molecule has 0 aliphatic carbocycles. The molecule has 1 amide bonds. The number of carbonyl (C=O) groups is 1. The molecule has 0 aromatic rings. The second-order valence-electron chi connectivity index (χ2n) is 3.29. The third kappa shape index (κ3) is 4.98. The van der Waals surface area contributed by atoms with Gasteiger partial charge in [0.2, 0.25) is 5.91 Å². The molecule has 0 aliphatic rings. The molecule has 0 rings (SSSR count).